The number of nitrogens with zero attached hydrogens (tertiary/aromatic N) is 1. The molecule has 3 rings (SSSR count). The number of H-pyrrole nitrogens is 1. The molecule has 0 bridgehead atoms. The van der Waals surface area contributed by atoms with E-state index in [9.17, 15) is 4.79 Å². The molecule has 1 aliphatic carbocycles. The molecule has 0 radical (unpaired) electrons. The number of rotatable bonds is 2. The van der Waals surface area contributed by atoms with Crippen molar-refractivity contribution in [3.8, 4) is 0 Å². The standard InChI is InChI=1S/C11H12N2OS/c1-2-8-12-10(14)9-7(6-3-4-6)5-15-11(9)13-8/h5-6H,2-4H2,1H3,(H,12,13,14). The minimum Gasteiger partial charge on any atom is -0.310 e. The summed E-state index contributed by atoms with van der Waals surface area (Å²) in [5.74, 6) is 1.41. The Balaban J connectivity index is 2.30. The highest BCUT2D eigenvalue weighted by Gasteiger charge is 2.27. The molecule has 0 aliphatic heterocycles. The number of fused-ring (bicyclic) bond motifs is 1. The van der Waals surface area contributed by atoms with E-state index in [-0.39, 0.29) is 5.56 Å². The maximum absolute atomic E-state index is 11.9. The van der Waals surface area contributed by atoms with Crippen LogP contribution in [-0.2, 0) is 6.42 Å². The first-order valence-electron chi connectivity index (χ1n) is 5.30. The van der Waals surface area contributed by atoms with Crippen molar-refractivity contribution in [3.05, 3.63) is 27.1 Å². The van der Waals surface area contributed by atoms with E-state index in [0.717, 1.165) is 22.5 Å². The van der Waals surface area contributed by atoms with E-state index < -0.39 is 0 Å². The fraction of sp³-hybridized carbons (Fsp3) is 0.455. The quantitative estimate of drug-likeness (QED) is 0.844. The SMILES string of the molecule is CCc1nc2scc(C3CC3)c2c(=O)[nH]1. The zero-order chi connectivity index (χ0) is 10.4. The molecule has 0 aromatic carbocycles. The van der Waals surface area contributed by atoms with Crippen molar-refractivity contribution in [3.63, 3.8) is 0 Å². The number of aromatic nitrogens is 2. The Kier molecular flexibility index (Phi) is 1.92. The van der Waals surface area contributed by atoms with Gasteiger partial charge < -0.3 is 4.98 Å². The van der Waals surface area contributed by atoms with Crippen LogP contribution in [0.5, 0.6) is 0 Å². The molecule has 1 fully saturated rings. The molecule has 4 heteroatoms. The molecule has 0 saturated heterocycles. The molecule has 0 unspecified atom stereocenters. The molecule has 0 spiro atoms. The number of nitrogens with one attached hydrogen (secondary N) is 1. The van der Waals surface area contributed by atoms with E-state index in [4.69, 9.17) is 0 Å². The fourth-order valence-electron chi connectivity index (χ4n) is 1.88. The summed E-state index contributed by atoms with van der Waals surface area (Å²) in [7, 11) is 0. The summed E-state index contributed by atoms with van der Waals surface area (Å²) in [6.07, 6.45) is 3.23. The van der Waals surface area contributed by atoms with Crippen molar-refractivity contribution in [2.24, 2.45) is 0 Å². The Morgan fingerprint density at radius 2 is 2.40 bits per heavy atom. The van der Waals surface area contributed by atoms with Gasteiger partial charge in [0.2, 0.25) is 0 Å². The van der Waals surface area contributed by atoms with Gasteiger partial charge in [0.05, 0.1) is 5.39 Å². The molecular formula is C11H12N2OS. The van der Waals surface area contributed by atoms with Gasteiger partial charge in [0.1, 0.15) is 10.7 Å². The Bertz CT molecular complexity index is 565. The maximum Gasteiger partial charge on any atom is 0.259 e. The van der Waals surface area contributed by atoms with Crippen molar-refractivity contribution in [1.29, 1.82) is 0 Å². The molecular weight excluding hydrogens is 208 g/mol. The lowest BCUT2D eigenvalue weighted by molar-refractivity contribution is 0.945. The maximum atomic E-state index is 11.9. The van der Waals surface area contributed by atoms with Crippen molar-refractivity contribution in [2.45, 2.75) is 32.1 Å². The number of hydrogen-bond acceptors (Lipinski definition) is 3. The lowest BCUT2D eigenvalue weighted by Gasteiger charge is -1.97. The third-order valence-electron chi connectivity index (χ3n) is 2.87. The second-order valence-electron chi connectivity index (χ2n) is 4.01. The second-order valence-corrected chi connectivity index (χ2v) is 4.87. The highest BCUT2D eigenvalue weighted by atomic mass is 32.1. The second kappa shape index (κ2) is 3.17. The van der Waals surface area contributed by atoms with Gasteiger partial charge in [-0.1, -0.05) is 6.92 Å². The first-order chi connectivity index (χ1) is 7.29. The lowest BCUT2D eigenvalue weighted by atomic mass is 10.1. The van der Waals surface area contributed by atoms with Crippen LogP contribution in [0.15, 0.2) is 10.2 Å². The third kappa shape index (κ3) is 1.40. The average Bonchev–Trinajstić information content (AvgIpc) is 2.99. The van der Waals surface area contributed by atoms with Gasteiger partial charge in [0.15, 0.2) is 0 Å². The Labute approximate surface area is 91.2 Å². The highest BCUT2D eigenvalue weighted by molar-refractivity contribution is 7.16. The summed E-state index contributed by atoms with van der Waals surface area (Å²) in [6.45, 7) is 2.00. The summed E-state index contributed by atoms with van der Waals surface area (Å²) < 4.78 is 0. The normalized spacial score (nSPS) is 16.1. The smallest absolute Gasteiger partial charge is 0.259 e. The molecule has 15 heavy (non-hydrogen) atoms. The van der Waals surface area contributed by atoms with E-state index >= 15 is 0 Å². The van der Waals surface area contributed by atoms with E-state index in [0.29, 0.717) is 5.92 Å². The van der Waals surface area contributed by atoms with Crippen molar-refractivity contribution >= 4 is 21.6 Å². The van der Waals surface area contributed by atoms with Crippen molar-refractivity contribution in [2.75, 3.05) is 0 Å². The highest BCUT2D eigenvalue weighted by Crippen LogP contribution is 2.43. The molecule has 1 aliphatic rings. The molecule has 78 valence electrons. The summed E-state index contributed by atoms with van der Waals surface area (Å²) >= 11 is 1.59. The van der Waals surface area contributed by atoms with Crippen molar-refractivity contribution in [1.82, 2.24) is 9.97 Å². The van der Waals surface area contributed by atoms with E-state index in [2.05, 4.69) is 15.3 Å². The van der Waals surface area contributed by atoms with Crippen LogP contribution >= 0.6 is 11.3 Å². The first kappa shape index (κ1) is 9.09. The Morgan fingerprint density at radius 1 is 1.60 bits per heavy atom. The van der Waals surface area contributed by atoms with Gasteiger partial charge in [-0.15, -0.1) is 11.3 Å². The third-order valence-corrected chi connectivity index (χ3v) is 3.76. The predicted molar refractivity (Wildman–Crippen MR) is 61.6 cm³/mol. The van der Waals surface area contributed by atoms with Crippen LogP contribution in [0.4, 0.5) is 0 Å². The van der Waals surface area contributed by atoms with Crippen LogP contribution < -0.4 is 5.56 Å². The van der Waals surface area contributed by atoms with Crippen LogP contribution in [-0.4, -0.2) is 9.97 Å². The van der Waals surface area contributed by atoms with E-state index in [1.54, 1.807) is 11.3 Å². The van der Waals surface area contributed by atoms with Gasteiger partial charge in [-0.3, -0.25) is 4.79 Å². The minimum absolute atomic E-state index is 0.0417. The Morgan fingerprint density at radius 3 is 3.07 bits per heavy atom. The lowest BCUT2D eigenvalue weighted by Crippen LogP contribution is -2.11. The van der Waals surface area contributed by atoms with Crippen LogP contribution in [0.2, 0.25) is 0 Å². The molecule has 3 nitrogen and oxygen atoms in total. The van der Waals surface area contributed by atoms with Crippen molar-refractivity contribution < 1.29 is 0 Å². The zero-order valence-corrected chi connectivity index (χ0v) is 9.36. The summed E-state index contributed by atoms with van der Waals surface area (Å²) in [4.78, 5) is 20.1. The Hall–Kier alpha value is -1.16. The monoisotopic (exact) mass is 220 g/mol. The van der Waals surface area contributed by atoms with Crippen LogP contribution in [0.3, 0.4) is 0 Å². The van der Waals surface area contributed by atoms with Gasteiger partial charge in [-0.2, -0.15) is 0 Å². The molecule has 2 aromatic rings. The summed E-state index contributed by atoms with van der Waals surface area (Å²) in [6, 6.07) is 0. The topological polar surface area (TPSA) is 45.8 Å². The van der Waals surface area contributed by atoms with Gasteiger partial charge in [-0.25, -0.2) is 4.98 Å². The van der Waals surface area contributed by atoms with Crippen LogP contribution in [0.1, 0.15) is 37.1 Å². The molecule has 0 atom stereocenters. The van der Waals surface area contributed by atoms with E-state index in [1.165, 1.54) is 18.4 Å². The number of aryl methyl sites for hydroxylation is 1. The van der Waals surface area contributed by atoms with Crippen LogP contribution in [0.25, 0.3) is 10.2 Å². The van der Waals surface area contributed by atoms with Gasteiger partial charge in [0.25, 0.3) is 5.56 Å². The van der Waals surface area contributed by atoms with Gasteiger partial charge in [-0.05, 0) is 29.7 Å². The summed E-state index contributed by atoms with van der Waals surface area (Å²) in [5.41, 5.74) is 1.26. The number of aromatic amines is 1. The number of thiophene rings is 1. The fourth-order valence-corrected chi connectivity index (χ4v) is 2.92. The summed E-state index contributed by atoms with van der Waals surface area (Å²) in [5, 5.41) is 2.93. The first-order valence-corrected chi connectivity index (χ1v) is 6.18. The molecule has 1 N–H and O–H groups in total. The minimum atomic E-state index is 0.0417. The number of hydrogen-bond donors (Lipinski definition) is 1. The van der Waals surface area contributed by atoms with Gasteiger partial charge >= 0.3 is 0 Å². The average molecular weight is 220 g/mol. The predicted octanol–water partition coefficient (Wildman–Crippen LogP) is 2.42. The zero-order valence-electron chi connectivity index (χ0n) is 8.54. The largest absolute Gasteiger partial charge is 0.310 e. The van der Waals surface area contributed by atoms with Crippen LogP contribution in [0, 0.1) is 0 Å². The molecule has 1 saturated carbocycles. The van der Waals surface area contributed by atoms with E-state index in [1.807, 2.05) is 6.92 Å². The molecule has 0 amide bonds. The molecule has 2 heterocycles. The molecule has 2 aromatic heterocycles. The van der Waals surface area contributed by atoms with Gasteiger partial charge in [0, 0.05) is 6.42 Å².